The highest BCUT2D eigenvalue weighted by Gasteiger charge is 2.15. The Bertz CT molecular complexity index is 146. The zero-order valence-corrected chi connectivity index (χ0v) is 9.09. The fraction of sp³-hybridized carbons (Fsp3) is 0.900. The molecule has 0 bridgehead atoms. The highest BCUT2D eigenvalue weighted by molar-refractivity contribution is 5.75. The van der Waals surface area contributed by atoms with E-state index in [1.54, 1.807) is 0 Å². The van der Waals surface area contributed by atoms with Crippen LogP contribution in [0.4, 0.5) is 0 Å². The molecular weight excluding hydrogens is 166 g/mol. The molecule has 1 atom stereocenters. The Labute approximate surface area is 80.8 Å². The first kappa shape index (κ1) is 12.4. The number of rotatable bonds is 6. The monoisotopic (exact) mass is 187 g/mol. The molecule has 78 valence electrons. The Morgan fingerprint density at radius 2 is 2.08 bits per heavy atom. The van der Waals surface area contributed by atoms with E-state index in [1.807, 2.05) is 6.92 Å². The molecule has 0 aliphatic rings. The third-order valence-electron chi connectivity index (χ3n) is 2.01. The molecule has 0 rings (SSSR count). The van der Waals surface area contributed by atoms with Crippen LogP contribution in [0.3, 0.4) is 0 Å². The summed E-state index contributed by atoms with van der Waals surface area (Å²) in [5.41, 5.74) is 0. The van der Waals surface area contributed by atoms with Gasteiger partial charge in [-0.05, 0) is 25.3 Å². The van der Waals surface area contributed by atoms with E-state index in [4.69, 9.17) is 0 Å². The number of carbonyl (C=O) groups is 1. The number of ether oxygens (including phenoxy) is 1. The zero-order valence-electron chi connectivity index (χ0n) is 9.09. The van der Waals surface area contributed by atoms with E-state index in [0.29, 0.717) is 5.92 Å². The van der Waals surface area contributed by atoms with Gasteiger partial charge in [-0.1, -0.05) is 20.8 Å². The first-order valence-electron chi connectivity index (χ1n) is 4.93. The van der Waals surface area contributed by atoms with Crippen molar-refractivity contribution in [2.75, 3.05) is 13.7 Å². The van der Waals surface area contributed by atoms with Crippen LogP contribution in [-0.4, -0.2) is 25.7 Å². The highest BCUT2D eigenvalue weighted by atomic mass is 16.5. The fourth-order valence-corrected chi connectivity index (χ4v) is 1.08. The Kier molecular flexibility index (Phi) is 6.59. The second-order valence-electron chi connectivity index (χ2n) is 3.62. The van der Waals surface area contributed by atoms with Gasteiger partial charge in [-0.25, -0.2) is 0 Å². The van der Waals surface area contributed by atoms with Crippen LogP contribution in [-0.2, 0) is 9.53 Å². The largest absolute Gasteiger partial charge is 0.468 e. The number of nitrogens with one attached hydrogen (secondary N) is 1. The molecule has 0 aromatic rings. The van der Waals surface area contributed by atoms with Crippen LogP contribution < -0.4 is 5.32 Å². The molecule has 3 heteroatoms. The molecule has 0 radical (unpaired) electrons. The molecule has 0 saturated heterocycles. The zero-order chi connectivity index (χ0) is 10.3. The van der Waals surface area contributed by atoms with Gasteiger partial charge in [-0.2, -0.15) is 0 Å². The van der Waals surface area contributed by atoms with Crippen LogP contribution in [0, 0.1) is 5.92 Å². The van der Waals surface area contributed by atoms with Gasteiger partial charge in [-0.15, -0.1) is 0 Å². The molecule has 0 amide bonds. The number of esters is 1. The maximum atomic E-state index is 11.1. The van der Waals surface area contributed by atoms with Gasteiger partial charge < -0.3 is 10.1 Å². The summed E-state index contributed by atoms with van der Waals surface area (Å²) in [5.74, 6) is 0.508. The van der Waals surface area contributed by atoms with Crippen molar-refractivity contribution in [3.05, 3.63) is 0 Å². The summed E-state index contributed by atoms with van der Waals surface area (Å²) in [5, 5.41) is 3.18. The lowest BCUT2D eigenvalue weighted by Gasteiger charge is -2.14. The van der Waals surface area contributed by atoms with Gasteiger partial charge in [0.1, 0.15) is 6.04 Å². The van der Waals surface area contributed by atoms with Crippen molar-refractivity contribution in [2.45, 2.75) is 39.7 Å². The molecule has 0 aliphatic carbocycles. The topological polar surface area (TPSA) is 38.3 Å². The fourth-order valence-electron chi connectivity index (χ4n) is 1.08. The van der Waals surface area contributed by atoms with E-state index < -0.39 is 0 Å². The summed E-state index contributed by atoms with van der Waals surface area (Å²) in [4.78, 5) is 11.1. The molecule has 0 heterocycles. The Morgan fingerprint density at radius 1 is 1.46 bits per heavy atom. The average molecular weight is 187 g/mol. The summed E-state index contributed by atoms with van der Waals surface area (Å²) in [6.45, 7) is 7.19. The quantitative estimate of drug-likeness (QED) is 0.641. The molecule has 0 aliphatic heterocycles. The van der Waals surface area contributed by atoms with Gasteiger partial charge in [0.15, 0.2) is 0 Å². The molecule has 1 N–H and O–H groups in total. The maximum Gasteiger partial charge on any atom is 0.322 e. The predicted octanol–water partition coefficient (Wildman–Crippen LogP) is 1.57. The minimum Gasteiger partial charge on any atom is -0.468 e. The minimum atomic E-state index is -0.161. The Morgan fingerprint density at radius 3 is 2.46 bits per heavy atom. The van der Waals surface area contributed by atoms with Crippen LogP contribution >= 0.6 is 0 Å². The van der Waals surface area contributed by atoms with E-state index in [2.05, 4.69) is 23.9 Å². The maximum absolute atomic E-state index is 11.1. The molecule has 0 spiro atoms. The second kappa shape index (κ2) is 6.89. The van der Waals surface area contributed by atoms with Crippen LogP contribution in [0.2, 0.25) is 0 Å². The summed E-state index contributed by atoms with van der Waals surface area (Å²) in [6.07, 6.45) is 1.87. The minimum absolute atomic E-state index is 0.135. The van der Waals surface area contributed by atoms with E-state index in [1.165, 1.54) is 7.11 Å². The van der Waals surface area contributed by atoms with Gasteiger partial charge in [0, 0.05) is 0 Å². The first-order valence-corrected chi connectivity index (χ1v) is 4.93. The lowest BCUT2D eigenvalue weighted by Crippen LogP contribution is -2.37. The lowest BCUT2D eigenvalue weighted by molar-refractivity contribution is -0.143. The van der Waals surface area contributed by atoms with Gasteiger partial charge >= 0.3 is 5.97 Å². The smallest absolute Gasteiger partial charge is 0.322 e. The normalized spacial score (nSPS) is 13.0. The second-order valence-corrected chi connectivity index (χ2v) is 3.62. The highest BCUT2D eigenvalue weighted by Crippen LogP contribution is 1.99. The van der Waals surface area contributed by atoms with Crippen molar-refractivity contribution in [2.24, 2.45) is 5.92 Å². The van der Waals surface area contributed by atoms with Crippen molar-refractivity contribution in [3.8, 4) is 0 Å². The number of hydrogen-bond acceptors (Lipinski definition) is 3. The van der Waals surface area contributed by atoms with Gasteiger partial charge in [0.25, 0.3) is 0 Å². The summed E-state index contributed by atoms with van der Waals surface area (Å²) in [6, 6.07) is -0.135. The predicted molar refractivity (Wildman–Crippen MR) is 53.6 cm³/mol. The van der Waals surface area contributed by atoms with Gasteiger partial charge in [0.2, 0.25) is 0 Å². The van der Waals surface area contributed by atoms with Gasteiger partial charge in [-0.3, -0.25) is 4.79 Å². The Hall–Kier alpha value is -0.570. The van der Waals surface area contributed by atoms with Gasteiger partial charge in [0.05, 0.1) is 7.11 Å². The first-order chi connectivity index (χ1) is 6.11. The van der Waals surface area contributed by atoms with E-state index in [-0.39, 0.29) is 12.0 Å². The standard InChI is InChI=1S/C10H21NO2/c1-5-9(10(12)13-4)11-7-6-8(2)3/h8-9,11H,5-7H2,1-4H3. The third-order valence-corrected chi connectivity index (χ3v) is 2.01. The van der Waals surface area contributed by atoms with Crippen molar-refractivity contribution in [1.82, 2.24) is 5.32 Å². The van der Waals surface area contributed by atoms with Crippen molar-refractivity contribution >= 4 is 5.97 Å². The van der Waals surface area contributed by atoms with Crippen LogP contribution in [0.1, 0.15) is 33.6 Å². The number of methoxy groups -OCH3 is 1. The SMILES string of the molecule is CCC(NCCC(C)C)C(=O)OC. The summed E-state index contributed by atoms with van der Waals surface area (Å²) in [7, 11) is 1.43. The molecule has 0 aromatic carbocycles. The number of hydrogen-bond donors (Lipinski definition) is 1. The van der Waals surface area contributed by atoms with Crippen molar-refractivity contribution in [1.29, 1.82) is 0 Å². The lowest BCUT2D eigenvalue weighted by atomic mass is 10.1. The molecule has 13 heavy (non-hydrogen) atoms. The van der Waals surface area contributed by atoms with Crippen LogP contribution in [0.5, 0.6) is 0 Å². The molecule has 0 aromatic heterocycles. The summed E-state index contributed by atoms with van der Waals surface area (Å²) >= 11 is 0. The summed E-state index contributed by atoms with van der Waals surface area (Å²) < 4.78 is 4.66. The van der Waals surface area contributed by atoms with Crippen molar-refractivity contribution < 1.29 is 9.53 Å². The Balaban J connectivity index is 3.66. The molecule has 3 nitrogen and oxygen atoms in total. The third kappa shape index (κ3) is 5.64. The van der Waals surface area contributed by atoms with E-state index in [9.17, 15) is 4.79 Å². The van der Waals surface area contributed by atoms with E-state index >= 15 is 0 Å². The van der Waals surface area contributed by atoms with Crippen molar-refractivity contribution in [3.63, 3.8) is 0 Å². The number of carbonyl (C=O) groups excluding carboxylic acids is 1. The molecule has 0 fully saturated rings. The average Bonchev–Trinajstić information content (AvgIpc) is 2.11. The molecule has 1 unspecified atom stereocenters. The van der Waals surface area contributed by atoms with E-state index in [0.717, 1.165) is 19.4 Å². The molecule has 0 saturated carbocycles. The van der Waals surface area contributed by atoms with Crippen LogP contribution in [0.25, 0.3) is 0 Å². The van der Waals surface area contributed by atoms with Crippen LogP contribution in [0.15, 0.2) is 0 Å². The molecular formula is C10H21NO2.